The van der Waals surface area contributed by atoms with Gasteiger partial charge >= 0.3 is 35.8 Å². The average molecular weight is 932 g/mol. The van der Waals surface area contributed by atoms with Crippen LogP contribution in [0.2, 0.25) is 0 Å². The highest BCUT2D eigenvalue weighted by atomic mass is 16.8. The Bertz CT molecular complexity index is 2280. The van der Waals surface area contributed by atoms with Crippen LogP contribution in [-0.2, 0) is 80.9 Å². The number of esters is 5. The molecular weight excluding hydrogens is 879 g/mol. The van der Waals surface area contributed by atoms with Crippen LogP contribution in [0.1, 0.15) is 70.4 Å². The van der Waals surface area contributed by atoms with Gasteiger partial charge in [-0.1, -0.05) is 85.8 Å². The summed E-state index contributed by atoms with van der Waals surface area (Å²) in [7, 11) is 0. The van der Waals surface area contributed by atoms with E-state index in [-0.39, 0.29) is 19.1 Å². The molecule has 0 saturated carbocycles. The van der Waals surface area contributed by atoms with Crippen molar-refractivity contribution in [3.8, 4) is 11.1 Å². The number of carbonyl (C=O) groups is 7. The van der Waals surface area contributed by atoms with Crippen molar-refractivity contribution < 1.29 is 86.0 Å². The lowest BCUT2D eigenvalue weighted by molar-refractivity contribution is -0.364. The van der Waals surface area contributed by atoms with Gasteiger partial charge in [-0.15, -0.1) is 0 Å². The Balaban J connectivity index is 1.25. The highest BCUT2D eigenvalue weighted by Gasteiger charge is 2.59. The summed E-state index contributed by atoms with van der Waals surface area (Å²) in [6, 6.07) is 22.8. The molecular formula is C48H53NO18. The van der Waals surface area contributed by atoms with Crippen LogP contribution in [0.15, 0.2) is 78.9 Å². The van der Waals surface area contributed by atoms with E-state index in [1.54, 1.807) is 30.3 Å². The SMILES string of the molecule is CC(=O)N[C@H]1[C@@H]([C@H](C)[C@@H](C(=O)O)C(=O)OCC2c3ccccc3-c3ccccc32)O[C@@H]2COC(c3ccccc3)O[C@@H]2[C@@H]1O[C@@H]1O[C@H](COC(C)=O)[C@H](OC(C)=O)[C@H](OC(C)=O)[C@H]1OC(C)=O. The number of benzene rings is 3. The van der Waals surface area contributed by atoms with Crippen LogP contribution in [0.4, 0.5) is 0 Å². The van der Waals surface area contributed by atoms with Crippen molar-refractivity contribution in [2.45, 2.75) is 115 Å². The molecule has 7 rings (SSSR count). The van der Waals surface area contributed by atoms with Crippen molar-refractivity contribution in [2.75, 3.05) is 19.8 Å². The molecule has 3 aromatic carbocycles. The zero-order valence-corrected chi connectivity index (χ0v) is 37.6. The molecule has 2 N–H and O–H groups in total. The summed E-state index contributed by atoms with van der Waals surface area (Å²) in [5, 5.41) is 13.6. The van der Waals surface area contributed by atoms with Gasteiger partial charge in [-0.2, -0.15) is 0 Å². The molecule has 358 valence electrons. The average Bonchev–Trinajstić information content (AvgIpc) is 3.60. The van der Waals surface area contributed by atoms with Crippen LogP contribution in [0.5, 0.6) is 0 Å². The molecule has 67 heavy (non-hydrogen) atoms. The number of carboxylic acid groups (broad SMARTS) is 1. The van der Waals surface area contributed by atoms with Crippen LogP contribution in [0.3, 0.4) is 0 Å². The normalized spacial score (nSPS) is 28.5. The van der Waals surface area contributed by atoms with E-state index in [9.17, 15) is 38.7 Å². The molecule has 0 spiro atoms. The fourth-order valence-corrected chi connectivity index (χ4v) is 9.30. The molecule has 19 heteroatoms. The van der Waals surface area contributed by atoms with Crippen LogP contribution in [-0.4, -0.2) is 128 Å². The fourth-order valence-electron chi connectivity index (χ4n) is 9.30. The lowest BCUT2D eigenvalue weighted by Gasteiger charge is -2.53. The van der Waals surface area contributed by atoms with Crippen molar-refractivity contribution in [3.05, 3.63) is 95.6 Å². The van der Waals surface area contributed by atoms with Gasteiger partial charge in [0.05, 0.1) is 18.8 Å². The van der Waals surface area contributed by atoms with Crippen LogP contribution in [0, 0.1) is 11.8 Å². The monoisotopic (exact) mass is 931 g/mol. The first-order valence-electron chi connectivity index (χ1n) is 21.8. The summed E-state index contributed by atoms with van der Waals surface area (Å²) in [5.74, 6) is -10.1. The lowest BCUT2D eigenvalue weighted by atomic mass is 9.80. The Hall–Kier alpha value is -6.25. The maximum atomic E-state index is 14.2. The van der Waals surface area contributed by atoms with Gasteiger partial charge in [-0.3, -0.25) is 33.6 Å². The van der Waals surface area contributed by atoms with Gasteiger partial charge in [-0.05, 0) is 22.3 Å². The van der Waals surface area contributed by atoms with Gasteiger partial charge < -0.3 is 57.8 Å². The number of ether oxygens (including phenoxy) is 10. The molecule has 3 aliphatic heterocycles. The number of carbonyl (C=O) groups excluding carboxylic acids is 6. The number of hydrogen-bond acceptors (Lipinski definition) is 17. The second kappa shape index (κ2) is 21.1. The van der Waals surface area contributed by atoms with Crippen LogP contribution < -0.4 is 5.32 Å². The molecule has 19 nitrogen and oxygen atoms in total. The largest absolute Gasteiger partial charge is 0.481 e. The predicted molar refractivity (Wildman–Crippen MR) is 228 cm³/mol. The van der Waals surface area contributed by atoms with Crippen molar-refractivity contribution >= 4 is 41.7 Å². The van der Waals surface area contributed by atoms with Gasteiger partial charge in [0, 0.05) is 52.0 Å². The number of aliphatic carboxylic acids is 1. The van der Waals surface area contributed by atoms with Crippen molar-refractivity contribution in [2.24, 2.45) is 11.8 Å². The van der Waals surface area contributed by atoms with Gasteiger partial charge in [0.15, 0.2) is 36.8 Å². The zero-order valence-electron chi connectivity index (χ0n) is 37.6. The van der Waals surface area contributed by atoms with Crippen LogP contribution >= 0.6 is 0 Å². The number of amides is 1. The molecule has 1 amide bonds. The van der Waals surface area contributed by atoms with E-state index < -0.39 is 128 Å². The minimum Gasteiger partial charge on any atom is -0.481 e. The van der Waals surface area contributed by atoms with E-state index >= 15 is 0 Å². The quantitative estimate of drug-likeness (QED) is 0.126. The minimum absolute atomic E-state index is 0.165. The third kappa shape index (κ3) is 11.0. The summed E-state index contributed by atoms with van der Waals surface area (Å²) in [6.45, 7) is 6.11. The number of carboxylic acids is 1. The lowest BCUT2D eigenvalue weighted by Crippen LogP contribution is -2.71. The number of nitrogens with one attached hydrogen (secondary N) is 1. The molecule has 0 radical (unpaired) electrons. The molecule has 0 bridgehead atoms. The predicted octanol–water partition coefficient (Wildman–Crippen LogP) is 3.53. The molecule has 3 aromatic rings. The Labute approximate surface area is 385 Å². The smallest absolute Gasteiger partial charge is 0.320 e. The first-order valence-corrected chi connectivity index (χ1v) is 21.8. The van der Waals surface area contributed by atoms with E-state index in [2.05, 4.69) is 5.32 Å². The third-order valence-corrected chi connectivity index (χ3v) is 12.0. The topological polar surface area (TPSA) is 244 Å². The molecule has 1 unspecified atom stereocenters. The maximum absolute atomic E-state index is 14.2. The third-order valence-electron chi connectivity index (χ3n) is 12.0. The van der Waals surface area contributed by atoms with E-state index in [0.29, 0.717) is 5.56 Å². The maximum Gasteiger partial charge on any atom is 0.320 e. The molecule has 3 fully saturated rings. The zero-order chi connectivity index (χ0) is 48.1. The fraction of sp³-hybridized carbons (Fsp3) is 0.479. The second-order valence-electron chi connectivity index (χ2n) is 16.7. The highest BCUT2D eigenvalue weighted by molar-refractivity contribution is 5.94. The Morgan fingerprint density at radius 1 is 0.672 bits per heavy atom. The molecule has 1 aliphatic carbocycles. The molecule has 13 atom stereocenters. The Kier molecular flexibility index (Phi) is 15.4. The summed E-state index contributed by atoms with van der Waals surface area (Å²) < 4.78 is 60.3. The molecule has 3 saturated heterocycles. The van der Waals surface area contributed by atoms with Gasteiger partial charge in [0.1, 0.15) is 37.6 Å². The van der Waals surface area contributed by atoms with Crippen molar-refractivity contribution in [3.63, 3.8) is 0 Å². The van der Waals surface area contributed by atoms with Crippen molar-refractivity contribution in [1.29, 1.82) is 0 Å². The first-order chi connectivity index (χ1) is 32.0. The van der Waals surface area contributed by atoms with Gasteiger partial charge in [0.25, 0.3) is 0 Å². The summed E-state index contributed by atoms with van der Waals surface area (Å²) in [5.41, 5.74) is 4.37. The standard InChI is InChI=1S/C48H53NO18/c1-23(37(45(55)56)46(57)59-20-34-32-18-12-10-16-30(32)31-17-11-13-19-33(31)34)39-38(49-24(2)50)42(40-35(64-39)22-60-47(66-40)29-14-8-7-9-15-29)67-48-44(63-28(6)54)43(62-27(5)53)41(61-26(4)52)36(65-48)21-58-25(3)51/h7-19,23,34-44,47-48H,20-22H2,1-6H3,(H,49,50)(H,55,56)/t23-,35-,36-,37+,38+,39-,40+,41+,42-,43+,44-,47?,48+/m1/s1. The van der Waals surface area contributed by atoms with E-state index in [1.807, 2.05) is 48.5 Å². The number of hydrogen-bond donors (Lipinski definition) is 2. The van der Waals surface area contributed by atoms with Gasteiger partial charge in [0.2, 0.25) is 5.91 Å². The highest BCUT2D eigenvalue weighted by Crippen LogP contribution is 2.45. The summed E-state index contributed by atoms with van der Waals surface area (Å²) >= 11 is 0. The van der Waals surface area contributed by atoms with E-state index in [4.69, 9.17) is 47.4 Å². The number of rotatable bonds is 15. The number of fused-ring (bicyclic) bond motifs is 4. The minimum atomic E-state index is -1.86. The Morgan fingerprint density at radius 2 is 1.25 bits per heavy atom. The van der Waals surface area contributed by atoms with Crippen LogP contribution in [0.25, 0.3) is 11.1 Å². The molecule has 3 heterocycles. The molecule has 4 aliphatic rings. The second-order valence-corrected chi connectivity index (χ2v) is 16.7. The molecule has 0 aromatic heterocycles. The van der Waals surface area contributed by atoms with Crippen molar-refractivity contribution in [1.82, 2.24) is 5.32 Å². The van der Waals surface area contributed by atoms with E-state index in [1.165, 1.54) is 13.8 Å². The van der Waals surface area contributed by atoms with Gasteiger partial charge in [-0.25, -0.2) is 0 Å². The summed E-state index contributed by atoms with van der Waals surface area (Å²) in [4.78, 5) is 90.6. The summed E-state index contributed by atoms with van der Waals surface area (Å²) in [6.07, 6.45) is -14.0. The Morgan fingerprint density at radius 3 is 1.84 bits per heavy atom. The van der Waals surface area contributed by atoms with E-state index in [0.717, 1.165) is 49.9 Å². The first kappa shape index (κ1) is 48.7.